The fourth-order valence-electron chi connectivity index (χ4n) is 3.87. The topological polar surface area (TPSA) is 135 Å². The number of hydrogen-bond donors (Lipinski definition) is 2. The Hall–Kier alpha value is -2.06. The number of rotatable bonds is 4. The highest BCUT2D eigenvalue weighted by atomic mass is 32.2. The molecule has 1 aromatic rings. The van der Waals surface area contributed by atoms with Crippen molar-refractivity contribution in [1.82, 2.24) is 19.8 Å². The molecule has 0 spiro atoms. The Morgan fingerprint density at radius 2 is 1.80 bits per heavy atom. The molecule has 0 bridgehead atoms. The lowest BCUT2D eigenvalue weighted by atomic mass is 9.72. The van der Waals surface area contributed by atoms with Crippen LogP contribution in [0.2, 0.25) is 0 Å². The van der Waals surface area contributed by atoms with Gasteiger partial charge in [-0.15, -0.1) is 10.2 Å². The van der Waals surface area contributed by atoms with E-state index in [1.54, 1.807) is 13.8 Å². The standard InChI is InChI=1S/C16H20F3N5O4S2/c1-7(2)24-8-5-14(3,4)6-9(25)10(8)15(11(24)26,16(17,18)19)23-30(27,28)13-22-21-12(20)29-13/h7,23H,5-6H2,1-4H3,(H2,20,21). The van der Waals surface area contributed by atoms with Gasteiger partial charge in [0.2, 0.25) is 15.0 Å². The Bertz CT molecular complexity index is 1060. The summed E-state index contributed by atoms with van der Waals surface area (Å²) in [7, 11) is -4.99. The number of nitrogens with one attached hydrogen (secondary N) is 1. The Labute approximate surface area is 174 Å². The Morgan fingerprint density at radius 1 is 1.20 bits per heavy atom. The summed E-state index contributed by atoms with van der Waals surface area (Å²) in [6.45, 7) is 6.36. The molecule has 0 saturated carbocycles. The largest absolute Gasteiger partial charge is 0.421 e. The van der Waals surface area contributed by atoms with Gasteiger partial charge in [-0.05, 0) is 25.7 Å². The summed E-state index contributed by atoms with van der Waals surface area (Å²) >= 11 is 0.337. The maximum atomic E-state index is 14.5. The first-order chi connectivity index (χ1) is 13.5. The minimum absolute atomic E-state index is 0.00328. The molecule has 0 fully saturated rings. The van der Waals surface area contributed by atoms with Gasteiger partial charge in [-0.2, -0.15) is 17.9 Å². The highest BCUT2D eigenvalue weighted by Crippen LogP contribution is 2.52. The van der Waals surface area contributed by atoms with Crippen LogP contribution in [0.4, 0.5) is 18.3 Å². The molecule has 166 valence electrons. The first-order valence-electron chi connectivity index (χ1n) is 8.84. The van der Waals surface area contributed by atoms with Crippen molar-refractivity contribution in [3.05, 3.63) is 11.3 Å². The smallest absolute Gasteiger partial charge is 0.374 e. The van der Waals surface area contributed by atoms with Crippen LogP contribution in [0.5, 0.6) is 0 Å². The lowest BCUT2D eigenvalue weighted by Crippen LogP contribution is -2.66. The lowest BCUT2D eigenvalue weighted by molar-refractivity contribution is -0.189. The molecule has 0 saturated heterocycles. The summed E-state index contributed by atoms with van der Waals surface area (Å²) in [5.41, 5.74) is -0.104. The summed E-state index contributed by atoms with van der Waals surface area (Å²) < 4.78 is 69.5. The van der Waals surface area contributed by atoms with Gasteiger partial charge in [0, 0.05) is 18.2 Å². The highest BCUT2D eigenvalue weighted by molar-refractivity contribution is 7.91. The number of nitrogens with two attached hydrogens (primary N) is 1. The molecule has 2 aliphatic rings. The van der Waals surface area contributed by atoms with E-state index in [0.717, 1.165) is 4.90 Å². The minimum Gasteiger partial charge on any atom is -0.374 e. The summed E-state index contributed by atoms with van der Waals surface area (Å²) in [4.78, 5) is 26.9. The normalized spacial score (nSPS) is 24.7. The Balaban J connectivity index is 2.29. The number of sulfonamides is 1. The van der Waals surface area contributed by atoms with Crippen LogP contribution in [-0.4, -0.2) is 53.0 Å². The van der Waals surface area contributed by atoms with Gasteiger partial charge in [-0.25, -0.2) is 8.42 Å². The average molecular weight is 467 g/mol. The molecule has 0 radical (unpaired) electrons. The zero-order chi connectivity index (χ0) is 22.9. The second-order valence-corrected chi connectivity index (χ2v) is 11.2. The van der Waals surface area contributed by atoms with Gasteiger partial charge in [0.1, 0.15) is 0 Å². The molecular formula is C16H20F3N5O4S2. The monoisotopic (exact) mass is 467 g/mol. The molecule has 1 amide bonds. The number of alkyl halides is 3. The first kappa shape index (κ1) is 22.6. The molecule has 9 nitrogen and oxygen atoms in total. The van der Waals surface area contributed by atoms with Gasteiger partial charge in [0.05, 0.1) is 5.57 Å². The van der Waals surface area contributed by atoms with Gasteiger partial charge in [-0.3, -0.25) is 9.59 Å². The van der Waals surface area contributed by atoms with Crippen molar-refractivity contribution in [2.75, 3.05) is 5.73 Å². The van der Waals surface area contributed by atoms with Gasteiger partial charge >= 0.3 is 6.18 Å². The molecule has 1 atom stereocenters. The predicted molar refractivity (Wildman–Crippen MR) is 100 cm³/mol. The van der Waals surface area contributed by atoms with Crippen LogP contribution in [0.1, 0.15) is 40.5 Å². The third-order valence-electron chi connectivity index (χ3n) is 4.94. The zero-order valence-corrected chi connectivity index (χ0v) is 18.1. The van der Waals surface area contributed by atoms with E-state index in [1.807, 2.05) is 0 Å². The van der Waals surface area contributed by atoms with Gasteiger partial charge in [-0.1, -0.05) is 25.2 Å². The van der Waals surface area contributed by atoms with Crippen molar-refractivity contribution in [3.8, 4) is 0 Å². The molecule has 3 N–H and O–H groups in total. The molecule has 30 heavy (non-hydrogen) atoms. The minimum atomic E-state index is -5.44. The van der Waals surface area contributed by atoms with Crippen molar-refractivity contribution in [1.29, 1.82) is 0 Å². The van der Waals surface area contributed by atoms with Crippen LogP contribution >= 0.6 is 11.3 Å². The number of hydrogen-bond acceptors (Lipinski definition) is 8. The van der Waals surface area contributed by atoms with E-state index in [4.69, 9.17) is 5.73 Å². The fourth-order valence-corrected chi connectivity index (χ4v) is 5.97. The Morgan fingerprint density at radius 3 is 2.27 bits per heavy atom. The van der Waals surface area contributed by atoms with E-state index in [-0.39, 0.29) is 23.7 Å². The van der Waals surface area contributed by atoms with Crippen molar-refractivity contribution < 1.29 is 31.2 Å². The van der Waals surface area contributed by atoms with Gasteiger partial charge in [0.25, 0.3) is 15.9 Å². The highest BCUT2D eigenvalue weighted by Gasteiger charge is 2.72. The second kappa shape index (κ2) is 6.72. The maximum Gasteiger partial charge on any atom is 0.421 e. The van der Waals surface area contributed by atoms with Crippen molar-refractivity contribution in [2.24, 2.45) is 5.41 Å². The summed E-state index contributed by atoms with van der Waals surface area (Å²) in [5, 5.41) is 6.28. The number of anilines is 1. The third kappa shape index (κ3) is 3.30. The van der Waals surface area contributed by atoms with E-state index >= 15 is 0 Å². The lowest BCUT2D eigenvalue weighted by Gasteiger charge is -2.35. The number of aromatic nitrogens is 2. The third-order valence-corrected chi connectivity index (χ3v) is 7.51. The molecule has 1 aliphatic carbocycles. The molecule has 1 aliphatic heterocycles. The summed E-state index contributed by atoms with van der Waals surface area (Å²) in [6, 6.07) is -0.741. The fraction of sp³-hybridized carbons (Fsp3) is 0.625. The number of halogens is 3. The zero-order valence-electron chi connectivity index (χ0n) is 16.5. The van der Waals surface area contributed by atoms with E-state index in [9.17, 15) is 31.2 Å². The SMILES string of the molecule is CC(C)N1C(=O)C(NS(=O)(=O)c2nnc(N)s2)(C(F)(F)F)C2=C1CC(C)(C)CC2=O. The van der Waals surface area contributed by atoms with Gasteiger partial charge < -0.3 is 10.6 Å². The molecule has 14 heteroatoms. The number of Topliss-reactive ketones (excluding diaryl/α,β-unsaturated/α-hetero) is 1. The second-order valence-electron chi connectivity index (χ2n) is 8.29. The Kier molecular flexibility index (Phi) is 5.07. The summed E-state index contributed by atoms with van der Waals surface area (Å²) in [5.74, 6) is -2.50. The number of nitrogen functional groups attached to an aromatic ring is 1. The van der Waals surface area contributed by atoms with E-state index in [2.05, 4.69) is 10.2 Å². The van der Waals surface area contributed by atoms with Crippen molar-refractivity contribution >= 4 is 38.2 Å². The van der Waals surface area contributed by atoms with Crippen LogP contribution in [0.3, 0.4) is 0 Å². The van der Waals surface area contributed by atoms with E-state index in [1.165, 1.54) is 18.6 Å². The van der Waals surface area contributed by atoms with Crippen LogP contribution in [0.25, 0.3) is 0 Å². The number of ketones is 1. The quantitative estimate of drug-likeness (QED) is 0.686. The number of amides is 1. The molecular weight excluding hydrogens is 447 g/mol. The van der Waals surface area contributed by atoms with Crippen LogP contribution < -0.4 is 10.5 Å². The van der Waals surface area contributed by atoms with Crippen molar-refractivity contribution in [2.45, 2.75) is 62.6 Å². The average Bonchev–Trinajstić information content (AvgIpc) is 3.06. The summed E-state index contributed by atoms with van der Waals surface area (Å²) in [6.07, 6.45) is -5.70. The van der Waals surface area contributed by atoms with Crippen LogP contribution in [0.15, 0.2) is 15.6 Å². The molecule has 0 aromatic carbocycles. The number of nitrogens with zero attached hydrogens (tertiary/aromatic N) is 3. The first-order valence-corrected chi connectivity index (χ1v) is 11.1. The number of carbonyl (C=O) groups excluding carboxylic acids is 2. The molecule has 1 aromatic heterocycles. The van der Waals surface area contributed by atoms with E-state index in [0.29, 0.717) is 11.3 Å². The maximum absolute atomic E-state index is 14.5. The van der Waals surface area contributed by atoms with Crippen molar-refractivity contribution in [3.63, 3.8) is 0 Å². The number of allylic oxidation sites excluding steroid dienone is 1. The van der Waals surface area contributed by atoms with Gasteiger partial charge in [0.15, 0.2) is 5.78 Å². The van der Waals surface area contributed by atoms with E-state index < -0.39 is 54.8 Å². The molecule has 2 heterocycles. The number of carbonyl (C=O) groups is 2. The molecule has 1 unspecified atom stereocenters. The van der Waals surface area contributed by atoms with Crippen LogP contribution in [-0.2, 0) is 19.6 Å². The van der Waals surface area contributed by atoms with Crippen LogP contribution in [0, 0.1) is 5.41 Å². The predicted octanol–water partition coefficient (Wildman–Crippen LogP) is 1.59. The molecule has 3 rings (SSSR count).